The molecule has 3 N–H and O–H groups in total. The molecule has 7 nitrogen and oxygen atoms in total. The summed E-state index contributed by atoms with van der Waals surface area (Å²) >= 11 is -1.99. The number of hydrazine groups is 1. The van der Waals surface area contributed by atoms with E-state index < -0.39 is 11.1 Å². The highest BCUT2D eigenvalue weighted by atomic mass is 32.2. The minimum Gasteiger partial charge on any atom is -0.334 e. The van der Waals surface area contributed by atoms with Gasteiger partial charge < -0.3 is 19.9 Å². The maximum absolute atomic E-state index is 10.9. The highest BCUT2D eigenvalue weighted by Gasteiger charge is 2.12. The third-order valence-electron chi connectivity index (χ3n) is 2.64. The molecule has 3 rings (SSSR count). The lowest BCUT2D eigenvalue weighted by Gasteiger charge is -2.05. The third kappa shape index (κ3) is 2.46. The molecule has 0 radical (unpaired) electrons. The van der Waals surface area contributed by atoms with Gasteiger partial charge in [0.05, 0.1) is 10.5 Å². The predicted molar refractivity (Wildman–Crippen MR) is 72.2 cm³/mol. The SMILES string of the molecule is O=S(O)c1ccc(-c2noc(C3=CNNC=C3)n2)cc1. The second-order valence-electron chi connectivity index (χ2n) is 3.92. The zero-order valence-corrected chi connectivity index (χ0v) is 10.9. The van der Waals surface area contributed by atoms with Crippen LogP contribution >= 0.6 is 0 Å². The van der Waals surface area contributed by atoms with Crippen LogP contribution in [-0.4, -0.2) is 18.9 Å². The van der Waals surface area contributed by atoms with E-state index >= 15 is 0 Å². The van der Waals surface area contributed by atoms with Crippen LogP contribution in [0.5, 0.6) is 0 Å². The Balaban J connectivity index is 1.88. The lowest BCUT2D eigenvalue weighted by atomic mass is 10.2. The number of aromatic nitrogens is 2. The Morgan fingerprint density at radius 3 is 2.65 bits per heavy atom. The molecule has 1 aliphatic rings. The lowest BCUT2D eigenvalue weighted by Crippen LogP contribution is -2.23. The fourth-order valence-electron chi connectivity index (χ4n) is 1.66. The standard InChI is InChI=1S/C12H10N4O3S/c17-20(18)10-3-1-8(2-4-10)11-15-12(19-16-11)9-5-6-13-14-7-9/h1-7,13-14H,(H,17,18). The van der Waals surface area contributed by atoms with Gasteiger partial charge in [-0.2, -0.15) is 4.98 Å². The molecular formula is C12H10N4O3S. The Labute approximate surface area is 116 Å². The molecule has 0 amide bonds. The molecule has 0 saturated heterocycles. The van der Waals surface area contributed by atoms with Gasteiger partial charge in [0.2, 0.25) is 5.82 Å². The molecule has 2 aromatic rings. The van der Waals surface area contributed by atoms with E-state index in [1.165, 1.54) is 0 Å². The molecule has 1 aromatic carbocycles. The van der Waals surface area contributed by atoms with Crippen molar-refractivity contribution in [3.8, 4) is 11.4 Å². The molecule has 0 bridgehead atoms. The van der Waals surface area contributed by atoms with E-state index in [0.29, 0.717) is 22.2 Å². The van der Waals surface area contributed by atoms with Crippen LogP contribution in [0, 0.1) is 0 Å². The van der Waals surface area contributed by atoms with Crippen molar-refractivity contribution in [1.82, 2.24) is 21.0 Å². The molecule has 0 spiro atoms. The number of nitrogens with one attached hydrogen (secondary N) is 2. The van der Waals surface area contributed by atoms with Crippen molar-refractivity contribution < 1.29 is 13.3 Å². The minimum absolute atomic E-state index is 0.325. The van der Waals surface area contributed by atoms with E-state index in [9.17, 15) is 4.21 Å². The van der Waals surface area contributed by atoms with Crippen molar-refractivity contribution >= 4 is 16.7 Å². The normalized spacial score (nSPS) is 15.2. The summed E-state index contributed by atoms with van der Waals surface area (Å²) < 4.78 is 25.0. The fraction of sp³-hybridized carbons (Fsp3) is 0. The van der Waals surface area contributed by atoms with Crippen LogP contribution < -0.4 is 10.9 Å². The average Bonchev–Trinajstić information content (AvgIpc) is 2.98. The number of hydrogen-bond donors (Lipinski definition) is 3. The van der Waals surface area contributed by atoms with Crippen LogP contribution in [0.2, 0.25) is 0 Å². The molecule has 0 fully saturated rings. The number of allylic oxidation sites excluding steroid dienone is 2. The van der Waals surface area contributed by atoms with E-state index in [-0.39, 0.29) is 0 Å². The van der Waals surface area contributed by atoms with Crippen LogP contribution in [0.3, 0.4) is 0 Å². The summed E-state index contributed by atoms with van der Waals surface area (Å²) in [4.78, 5) is 4.60. The molecule has 102 valence electrons. The van der Waals surface area contributed by atoms with Crippen LogP contribution in [0.4, 0.5) is 0 Å². The highest BCUT2D eigenvalue weighted by molar-refractivity contribution is 7.79. The maximum atomic E-state index is 10.9. The quantitative estimate of drug-likeness (QED) is 0.732. The Kier molecular flexibility index (Phi) is 3.32. The van der Waals surface area contributed by atoms with Gasteiger partial charge in [0, 0.05) is 18.0 Å². The third-order valence-corrected chi connectivity index (χ3v) is 3.32. The Bertz CT molecular complexity index is 706. The van der Waals surface area contributed by atoms with Gasteiger partial charge in [-0.3, -0.25) is 0 Å². The predicted octanol–water partition coefficient (Wildman–Crippen LogP) is 1.28. The first-order chi connectivity index (χ1) is 9.74. The molecule has 1 aliphatic heterocycles. The van der Waals surface area contributed by atoms with Gasteiger partial charge in [-0.1, -0.05) is 5.16 Å². The molecule has 1 aromatic heterocycles. The first-order valence-corrected chi connectivity index (χ1v) is 6.78. The monoisotopic (exact) mass is 290 g/mol. The van der Waals surface area contributed by atoms with E-state index in [4.69, 9.17) is 9.08 Å². The van der Waals surface area contributed by atoms with Crippen molar-refractivity contribution in [3.63, 3.8) is 0 Å². The number of rotatable bonds is 3. The van der Waals surface area contributed by atoms with Gasteiger partial charge in [-0.05, 0) is 30.3 Å². The number of nitrogens with zero attached hydrogens (tertiary/aromatic N) is 2. The minimum atomic E-state index is -1.99. The zero-order valence-electron chi connectivity index (χ0n) is 10.1. The van der Waals surface area contributed by atoms with E-state index in [1.54, 1.807) is 42.7 Å². The first kappa shape index (κ1) is 12.6. The van der Waals surface area contributed by atoms with Crippen molar-refractivity contribution in [1.29, 1.82) is 0 Å². The van der Waals surface area contributed by atoms with E-state index in [0.717, 1.165) is 5.57 Å². The molecule has 20 heavy (non-hydrogen) atoms. The van der Waals surface area contributed by atoms with Crippen molar-refractivity contribution in [2.75, 3.05) is 0 Å². The second-order valence-corrected chi connectivity index (χ2v) is 4.89. The van der Waals surface area contributed by atoms with Crippen molar-refractivity contribution in [3.05, 3.63) is 48.6 Å². The molecular weight excluding hydrogens is 280 g/mol. The summed E-state index contributed by atoms with van der Waals surface area (Å²) in [5.41, 5.74) is 7.07. The van der Waals surface area contributed by atoms with Crippen molar-refractivity contribution in [2.24, 2.45) is 0 Å². The van der Waals surface area contributed by atoms with Gasteiger partial charge in [-0.15, -0.1) is 0 Å². The molecule has 8 heteroatoms. The first-order valence-electron chi connectivity index (χ1n) is 5.67. The Hall–Kier alpha value is -2.45. The maximum Gasteiger partial charge on any atom is 0.259 e. The summed E-state index contributed by atoms with van der Waals surface area (Å²) in [5.74, 6) is 0.808. The molecule has 0 saturated carbocycles. The van der Waals surface area contributed by atoms with E-state index in [1.807, 2.05) is 0 Å². The summed E-state index contributed by atoms with van der Waals surface area (Å²) in [6, 6.07) is 6.44. The lowest BCUT2D eigenvalue weighted by molar-refractivity contribution is 0.408. The molecule has 1 atom stereocenters. The average molecular weight is 290 g/mol. The molecule has 2 heterocycles. The zero-order chi connectivity index (χ0) is 13.9. The Morgan fingerprint density at radius 1 is 1.20 bits per heavy atom. The summed E-state index contributed by atoms with van der Waals surface area (Å²) in [7, 11) is 0. The fourth-order valence-corrected chi connectivity index (χ4v) is 2.03. The van der Waals surface area contributed by atoms with Crippen LogP contribution in [-0.2, 0) is 11.1 Å². The smallest absolute Gasteiger partial charge is 0.259 e. The largest absolute Gasteiger partial charge is 0.334 e. The van der Waals surface area contributed by atoms with Gasteiger partial charge in [0.25, 0.3) is 5.89 Å². The summed E-state index contributed by atoms with van der Waals surface area (Å²) in [5, 5.41) is 3.89. The van der Waals surface area contributed by atoms with Crippen LogP contribution in [0.1, 0.15) is 5.89 Å². The molecule has 1 unspecified atom stereocenters. The number of hydrogen-bond acceptors (Lipinski definition) is 6. The molecule has 0 aliphatic carbocycles. The van der Waals surface area contributed by atoms with Gasteiger partial charge in [0.1, 0.15) is 0 Å². The van der Waals surface area contributed by atoms with Crippen LogP contribution in [0.15, 0.2) is 52.2 Å². The topological polar surface area (TPSA) is 100 Å². The summed E-state index contributed by atoms with van der Waals surface area (Å²) in [6.07, 6.45) is 5.21. The van der Waals surface area contributed by atoms with Crippen LogP contribution in [0.25, 0.3) is 17.0 Å². The summed E-state index contributed by atoms with van der Waals surface area (Å²) in [6.45, 7) is 0. The van der Waals surface area contributed by atoms with Gasteiger partial charge >= 0.3 is 0 Å². The Morgan fingerprint density at radius 2 is 2.00 bits per heavy atom. The van der Waals surface area contributed by atoms with E-state index in [2.05, 4.69) is 21.0 Å². The highest BCUT2D eigenvalue weighted by Crippen LogP contribution is 2.21. The number of benzene rings is 1. The van der Waals surface area contributed by atoms with Gasteiger partial charge in [0.15, 0.2) is 11.1 Å². The van der Waals surface area contributed by atoms with Crippen molar-refractivity contribution in [2.45, 2.75) is 4.90 Å². The van der Waals surface area contributed by atoms with Gasteiger partial charge in [-0.25, -0.2) is 4.21 Å². The second kappa shape index (κ2) is 5.27.